The van der Waals surface area contributed by atoms with E-state index in [4.69, 9.17) is 9.05 Å². The average molecular weight is 374 g/mol. The van der Waals surface area contributed by atoms with E-state index in [2.05, 4.69) is 0 Å². The number of hydrogen-bond donors (Lipinski definition) is 0. The molecule has 136 valence electrons. The molecule has 0 amide bonds. The van der Waals surface area contributed by atoms with E-state index in [-0.39, 0.29) is 11.1 Å². The Morgan fingerprint density at radius 3 is 1.54 bits per heavy atom. The van der Waals surface area contributed by atoms with Crippen LogP contribution in [0.1, 0.15) is 20.7 Å². The first-order chi connectivity index (χ1) is 12.4. The maximum Gasteiger partial charge on any atom is 0.337 e. The number of Topliss-reactive ketones (excluding diaryl/α,β-unsaturated/α-hetero) is 3. The van der Waals surface area contributed by atoms with E-state index in [1.807, 2.05) is 0 Å². The van der Waals surface area contributed by atoms with Gasteiger partial charge < -0.3 is 9.05 Å². The Bertz CT molecular complexity index is 772. The van der Waals surface area contributed by atoms with Crippen molar-refractivity contribution in [3.63, 3.8) is 0 Å². The van der Waals surface area contributed by atoms with Gasteiger partial charge in [-0.3, -0.25) is 18.9 Å². The van der Waals surface area contributed by atoms with Gasteiger partial charge in [0.1, 0.15) is 12.1 Å². The number of ketones is 3. The third kappa shape index (κ3) is 4.61. The highest BCUT2D eigenvalue weighted by Gasteiger charge is 2.39. The summed E-state index contributed by atoms with van der Waals surface area (Å²) in [4.78, 5) is 38.4. The molecule has 0 radical (unpaired) electrons. The Morgan fingerprint density at radius 2 is 1.19 bits per heavy atom. The van der Waals surface area contributed by atoms with Crippen molar-refractivity contribution in [2.24, 2.45) is 5.92 Å². The second-order valence-corrected chi connectivity index (χ2v) is 7.76. The molecule has 0 aliphatic heterocycles. The lowest BCUT2D eigenvalue weighted by Gasteiger charge is -2.17. The van der Waals surface area contributed by atoms with Crippen LogP contribution in [-0.4, -0.2) is 37.7 Å². The minimum atomic E-state index is -3.71. The molecule has 0 saturated heterocycles. The Kier molecular flexibility index (Phi) is 6.75. The van der Waals surface area contributed by atoms with Gasteiger partial charge in [-0.05, 0) is 0 Å². The molecule has 0 aromatic heterocycles. The highest BCUT2D eigenvalue weighted by molar-refractivity contribution is 7.54. The van der Waals surface area contributed by atoms with Crippen LogP contribution in [0, 0.1) is 5.92 Å². The zero-order valence-corrected chi connectivity index (χ0v) is 15.3. The van der Waals surface area contributed by atoms with Crippen LogP contribution in [0.15, 0.2) is 60.7 Å². The van der Waals surface area contributed by atoms with Gasteiger partial charge in [-0.15, -0.1) is 0 Å². The fourth-order valence-electron chi connectivity index (χ4n) is 2.44. The van der Waals surface area contributed by atoms with Crippen molar-refractivity contribution in [2.45, 2.75) is 0 Å². The molecule has 7 heteroatoms. The maximum absolute atomic E-state index is 12.9. The van der Waals surface area contributed by atoms with E-state index in [1.54, 1.807) is 36.4 Å². The zero-order chi connectivity index (χ0) is 19.2. The minimum Gasteiger partial charge on any atom is -0.312 e. The molecule has 0 spiro atoms. The largest absolute Gasteiger partial charge is 0.337 e. The fraction of sp³-hybridized carbons (Fsp3) is 0.211. The lowest BCUT2D eigenvalue weighted by Crippen LogP contribution is -2.34. The topological polar surface area (TPSA) is 86.7 Å². The van der Waals surface area contributed by atoms with Crippen molar-refractivity contribution in [1.29, 1.82) is 0 Å². The minimum absolute atomic E-state index is 0.222. The van der Waals surface area contributed by atoms with Gasteiger partial charge in [0.15, 0.2) is 17.3 Å². The Balaban J connectivity index is 2.42. The number of hydrogen-bond acceptors (Lipinski definition) is 6. The van der Waals surface area contributed by atoms with Crippen LogP contribution in [0.3, 0.4) is 0 Å². The summed E-state index contributed by atoms with van der Waals surface area (Å²) >= 11 is 0. The smallest absolute Gasteiger partial charge is 0.312 e. The van der Waals surface area contributed by atoms with Crippen molar-refractivity contribution in [1.82, 2.24) is 0 Å². The SMILES string of the molecule is COP(=O)(CC(=O)C(C(=O)c1ccccc1)C(=O)c1ccccc1)OC. The molecule has 0 atom stereocenters. The quantitative estimate of drug-likeness (QED) is 0.380. The van der Waals surface area contributed by atoms with E-state index in [1.165, 1.54) is 24.3 Å². The highest BCUT2D eigenvalue weighted by atomic mass is 31.2. The Hall–Kier alpha value is -2.40. The first-order valence-electron chi connectivity index (χ1n) is 7.83. The molecule has 0 unspecified atom stereocenters. The van der Waals surface area contributed by atoms with Gasteiger partial charge >= 0.3 is 7.60 Å². The molecule has 2 aromatic rings. The summed E-state index contributed by atoms with van der Waals surface area (Å²) in [6.07, 6.45) is -0.665. The molecule has 0 bridgehead atoms. The van der Waals surface area contributed by atoms with E-state index < -0.39 is 37.0 Å². The third-order valence-corrected chi connectivity index (χ3v) is 5.68. The number of benzene rings is 2. The summed E-state index contributed by atoms with van der Waals surface area (Å²) in [5.41, 5.74) is 0.444. The van der Waals surface area contributed by atoms with Crippen LogP contribution < -0.4 is 0 Å². The van der Waals surface area contributed by atoms with E-state index in [9.17, 15) is 18.9 Å². The molecule has 0 aliphatic rings. The summed E-state index contributed by atoms with van der Waals surface area (Å²) in [7, 11) is -1.42. The Morgan fingerprint density at radius 1 is 0.808 bits per heavy atom. The van der Waals surface area contributed by atoms with Gasteiger partial charge in [0.25, 0.3) is 0 Å². The molecule has 0 N–H and O–H groups in total. The summed E-state index contributed by atoms with van der Waals surface area (Å²) < 4.78 is 21.8. The predicted molar refractivity (Wildman–Crippen MR) is 96.5 cm³/mol. The molecule has 26 heavy (non-hydrogen) atoms. The highest BCUT2D eigenvalue weighted by Crippen LogP contribution is 2.46. The van der Waals surface area contributed by atoms with Crippen LogP contribution in [0.4, 0.5) is 0 Å². The molecule has 6 nitrogen and oxygen atoms in total. The lowest BCUT2D eigenvalue weighted by atomic mass is 9.87. The van der Waals surface area contributed by atoms with Gasteiger partial charge in [-0.2, -0.15) is 0 Å². The van der Waals surface area contributed by atoms with Crippen molar-refractivity contribution >= 4 is 24.9 Å². The summed E-state index contributed by atoms with van der Waals surface area (Å²) in [5, 5.41) is 0. The van der Waals surface area contributed by atoms with E-state index >= 15 is 0 Å². The predicted octanol–water partition coefficient (Wildman–Crippen LogP) is 3.42. The van der Waals surface area contributed by atoms with Gasteiger partial charge in [-0.25, -0.2) is 0 Å². The van der Waals surface area contributed by atoms with Gasteiger partial charge in [0.05, 0.1) is 0 Å². The van der Waals surface area contributed by atoms with E-state index in [0.29, 0.717) is 0 Å². The third-order valence-electron chi connectivity index (χ3n) is 3.87. The number of rotatable bonds is 9. The molecule has 0 saturated carbocycles. The molecular formula is C19H19O6P. The molecule has 2 rings (SSSR count). The van der Waals surface area contributed by atoms with E-state index in [0.717, 1.165) is 14.2 Å². The molecule has 2 aromatic carbocycles. The standard InChI is InChI=1S/C19H19O6P/c1-24-26(23,25-2)13-16(20)17(18(21)14-9-5-3-6-10-14)19(22)15-11-7-4-8-12-15/h3-12,17H,13H2,1-2H3. The van der Waals surface area contributed by atoms with Crippen LogP contribution in [0.5, 0.6) is 0 Å². The van der Waals surface area contributed by atoms with Gasteiger partial charge in [-0.1, -0.05) is 60.7 Å². The van der Waals surface area contributed by atoms with Crippen LogP contribution in [-0.2, 0) is 18.4 Å². The molecular weight excluding hydrogens is 355 g/mol. The second kappa shape index (κ2) is 8.81. The lowest BCUT2D eigenvalue weighted by molar-refractivity contribution is -0.118. The van der Waals surface area contributed by atoms with Crippen molar-refractivity contribution in [3.05, 3.63) is 71.8 Å². The monoisotopic (exact) mass is 374 g/mol. The molecule has 0 heterocycles. The summed E-state index contributed by atoms with van der Waals surface area (Å²) in [6, 6.07) is 16.1. The fourth-order valence-corrected chi connectivity index (χ4v) is 3.41. The first kappa shape index (κ1) is 19.9. The van der Waals surface area contributed by atoms with Gasteiger partial charge in [0.2, 0.25) is 0 Å². The summed E-state index contributed by atoms with van der Waals surface area (Å²) in [6.45, 7) is 0. The van der Waals surface area contributed by atoms with Crippen molar-refractivity contribution in [2.75, 3.05) is 20.4 Å². The number of carbonyl (C=O) groups excluding carboxylic acids is 3. The average Bonchev–Trinajstić information content (AvgIpc) is 2.69. The first-order valence-corrected chi connectivity index (χ1v) is 9.56. The van der Waals surface area contributed by atoms with Crippen LogP contribution in [0.25, 0.3) is 0 Å². The second-order valence-electron chi connectivity index (χ2n) is 5.49. The molecule has 0 aliphatic carbocycles. The van der Waals surface area contributed by atoms with Gasteiger partial charge in [0, 0.05) is 25.3 Å². The maximum atomic E-state index is 12.9. The Labute approximate surface area is 151 Å². The molecule has 0 fully saturated rings. The zero-order valence-electron chi connectivity index (χ0n) is 14.5. The van der Waals surface area contributed by atoms with Crippen molar-refractivity contribution < 1.29 is 28.0 Å². The summed E-state index contributed by atoms with van der Waals surface area (Å²) in [5.74, 6) is -3.72. The normalized spacial score (nSPS) is 11.3. The van der Waals surface area contributed by atoms with Crippen LogP contribution in [0.2, 0.25) is 0 Å². The van der Waals surface area contributed by atoms with Crippen molar-refractivity contribution in [3.8, 4) is 0 Å². The number of carbonyl (C=O) groups is 3. The van der Waals surface area contributed by atoms with Crippen LogP contribution >= 0.6 is 7.60 Å².